The topological polar surface area (TPSA) is 51.1 Å². The smallest absolute Gasteiger partial charge is 0.125 e. The highest BCUT2D eigenvalue weighted by atomic mass is 32.1. The van der Waals surface area contributed by atoms with Crippen LogP contribution in [0.5, 0.6) is 0 Å². The van der Waals surface area contributed by atoms with Gasteiger partial charge in [-0.1, -0.05) is 0 Å². The van der Waals surface area contributed by atoms with E-state index in [1.165, 1.54) is 5.69 Å². The lowest BCUT2D eigenvalue weighted by Gasteiger charge is -2.22. The van der Waals surface area contributed by atoms with E-state index in [1.54, 1.807) is 11.3 Å². The highest BCUT2D eigenvalue weighted by Crippen LogP contribution is 2.16. The molecule has 0 aromatic carbocycles. The second kappa shape index (κ2) is 7.26. The highest BCUT2D eigenvalue weighted by molar-refractivity contribution is 7.09. The number of thiazole rings is 1. The van der Waals surface area contributed by atoms with Gasteiger partial charge in [0.15, 0.2) is 0 Å². The number of hydrogen-bond donors (Lipinski definition) is 0. The Kier molecular flexibility index (Phi) is 5.12. The fraction of sp³-hybridized carbons (Fsp3) is 0.562. The zero-order valence-electron chi connectivity index (χ0n) is 13.2. The van der Waals surface area contributed by atoms with Crippen LogP contribution in [-0.4, -0.2) is 46.2 Å². The average molecular weight is 318 g/mol. The first-order valence-corrected chi connectivity index (χ1v) is 8.56. The Labute approximate surface area is 135 Å². The number of aromatic nitrogens is 3. The molecule has 1 aliphatic heterocycles. The zero-order valence-corrected chi connectivity index (χ0v) is 14.0. The molecule has 3 heterocycles. The zero-order chi connectivity index (χ0) is 15.4. The predicted molar refractivity (Wildman–Crippen MR) is 86.9 cm³/mol. The first kappa shape index (κ1) is 15.5. The lowest BCUT2D eigenvalue weighted by Crippen LogP contribution is -2.30. The molecule has 1 atom stereocenters. The molecule has 0 radical (unpaired) electrons. The van der Waals surface area contributed by atoms with Gasteiger partial charge in [-0.15, -0.1) is 11.3 Å². The van der Waals surface area contributed by atoms with Crippen LogP contribution in [0.2, 0.25) is 0 Å². The molecular weight excluding hydrogens is 296 g/mol. The Morgan fingerprint density at radius 2 is 2.23 bits per heavy atom. The normalized spacial score (nSPS) is 20.0. The molecule has 2 aromatic heterocycles. The largest absolute Gasteiger partial charge is 0.380 e. The standard InChI is InChI=1S/C16H22N4OS/c1-12-17-4-3-15(18-12)7-14-8-20(5-6-21-10-14)9-16-11-22-13(2)19-16/h3-4,11,14H,5-10H2,1-2H3/t14-/m0/s1. The molecular formula is C16H22N4OS. The third-order valence-electron chi connectivity index (χ3n) is 3.81. The van der Waals surface area contributed by atoms with Crippen LogP contribution in [0.1, 0.15) is 22.2 Å². The summed E-state index contributed by atoms with van der Waals surface area (Å²) in [5.41, 5.74) is 2.27. The maximum atomic E-state index is 5.78. The molecule has 6 heteroatoms. The number of hydrogen-bond acceptors (Lipinski definition) is 6. The van der Waals surface area contributed by atoms with Crippen LogP contribution in [0.4, 0.5) is 0 Å². The van der Waals surface area contributed by atoms with E-state index in [2.05, 4.69) is 32.2 Å². The fourth-order valence-corrected chi connectivity index (χ4v) is 3.45. The van der Waals surface area contributed by atoms with Gasteiger partial charge in [-0.05, 0) is 26.3 Å². The van der Waals surface area contributed by atoms with Crippen LogP contribution in [0.15, 0.2) is 17.6 Å². The third-order valence-corrected chi connectivity index (χ3v) is 4.63. The van der Waals surface area contributed by atoms with Crippen molar-refractivity contribution in [2.75, 3.05) is 26.3 Å². The van der Waals surface area contributed by atoms with Crippen molar-refractivity contribution in [2.24, 2.45) is 5.92 Å². The van der Waals surface area contributed by atoms with E-state index in [-0.39, 0.29) is 0 Å². The second-order valence-corrected chi connectivity index (χ2v) is 6.90. The minimum atomic E-state index is 0.469. The monoisotopic (exact) mass is 318 g/mol. The number of aryl methyl sites for hydroxylation is 2. The maximum absolute atomic E-state index is 5.78. The first-order valence-electron chi connectivity index (χ1n) is 7.68. The van der Waals surface area contributed by atoms with Gasteiger partial charge in [0, 0.05) is 42.8 Å². The van der Waals surface area contributed by atoms with Crippen molar-refractivity contribution in [3.8, 4) is 0 Å². The summed E-state index contributed by atoms with van der Waals surface area (Å²) < 4.78 is 5.78. The van der Waals surface area contributed by atoms with Gasteiger partial charge in [0.05, 0.1) is 23.9 Å². The molecule has 0 amide bonds. The van der Waals surface area contributed by atoms with Crippen LogP contribution in [-0.2, 0) is 17.7 Å². The van der Waals surface area contributed by atoms with E-state index in [9.17, 15) is 0 Å². The average Bonchev–Trinajstić information content (AvgIpc) is 2.75. The summed E-state index contributed by atoms with van der Waals surface area (Å²) in [6, 6.07) is 2.01. The molecule has 5 nitrogen and oxygen atoms in total. The Morgan fingerprint density at radius 3 is 3.00 bits per heavy atom. The van der Waals surface area contributed by atoms with E-state index >= 15 is 0 Å². The quantitative estimate of drug-likeness (QED) is 0.865. The molecule has 0 spiro atoms. The summed E-state index contributed by atoms with van der Waals surface area (Å²) >= 11 is 1.72. The molecule has 22 heavy (non-hydrogen) atoms. The summed E-state index contributed by atoms with van der Waals surface area (Å²) in [6.45, 7) is 8.49. The van der Waals surface area contributed by atoms with Crippen molar-refractivity contribution >= 4 is 11.3 Å². The van der Waals surface area contributed by atoms with Gasteiger partial charge in [0.2, 0.25) is 0 Å². The van der Waals surface area contributed by atoms with Crippen molar-refractivity contribution in [3.05, 3.63) is 39.9 Å². The molecule has 1 aliphatic rings. The minimum absolute atomic E-state index is 0.469. The van der Waals surface area contributed by atoms with Gasteiger partial charge in [-0.25, -0.2) is 15.0 Å². The number of nitrogens with zero attached hydrogens (tertiary/aromatic N) is 4. The van der Waals surface area contributed by atoms with E-state index in [0.717, 1.165) is 55.8 Å². The SMILES string of the molecule is Cc1nccc(C[C@@H]2COCCN(Cc3csc(C)n3)C2)n1. The van der Waals surface area contributed by atoms with E-state index in [4.69, 9.17) is 4.74 Å². The van der Waals surface area contributed by atoms with Crippen LogP contribution in [0.3, 0.4) is 0 Å². The van der Waals surface area contributed by atoms with Crippen LogP contribution < -0.4 is 0 Å². The lowest BCUT2D eigenvalue weighted by atomic mass is 10.0. The van der Waals surface area contributed by atoms with Gasteiger partial charge < -0.3 is 4.74 Å². The number of ether oxygens (including phenoxy) is 1. The number of rotatable bonds is 4. The summed E-state index contributed by atoms with van der Waals surface area (Å²) in [7, 11) is 0. The van der Waals surface area contributed by atoms with E-state index < -0.39 is 0 Å². The summed E-state index contributed by atoms with van der Waals surface area (Å²) in [5, 5.41) is 3.29. The fourth-order valence-electron chi connectivity index (χ4n) is 2.84. The first-order chi connectivity index (χ1) is 10.7. The molecule has 118 valence electrons. The van der Waals surface area contributed by atoms with Crippen molar-refractivity contribution < 1.29 is 4.74 Å². The molecule has 0 unspecified atom stereocenters. The second-order valence-electron chi connectivity index (χ2n) is 5.83. The Morgan fingerprint density at radius 1 is 1.32 bits per heavy atom. The van der Waals surface area contributed by atoms with Gasteiger partial charge in [0.1, 0.15) is 5.82 Å². The van der Waals surface area contributed by atoms with Crippen molar-refractivity contribution in [3.63, 3.8) is 0 Å². The van der Waals surface area contributed by atoms with Crippen LogP contribution in [0, 0.1) is 19.8 Å². The Hall–Kier alpha value is -1.37. The summed E-state index contributed by atoms with van der Waals surface area (Å²) in [4.78, 5) is 15.7. The van der Waals surface area contributed by atoms with E-state index in [1.807, 2.05) is 19.2 Å². The molecule has 2 aromatic rings. The van der Waals surface area contributed by atoms with Gasteiger partial charge >= 0.3 is 0 Å². The summed E-state index contributed by atoms with van der Waals surface area (Å²) in [6.07, 6.45) is 2.78. The maximum Gasteiger partial charge on any atom is 0.125 e. The lowest BCUT2D eigenvalue weighted by molar-refractivity contribution is 0.121. The van der Waals surface area contributed by atoms with Crippen LogP contribution in [0.25, 0.3) is 0 Å². The summed E-state index contributed by atoms with van der Waals surface area (Å²) in [5.74, 6) is 1.30. The van der Waals surface area contributed by atoms with Crippen LogP contribution >= 0.6 is 11.3 Å². The molecule has 1 saturated heterocycles. The van der Waals surface area contributed by atoms with Gasteiger partial charge in [0.25, 0.3) is 0 Å². The Balaban J connectivity index is 1.62. The van der Waals surface area contributed by atoms with Crippen molar-refractivity contribution in [1.82, 2.24) is 19.9 Å². The molecule has 0 aliphatic carbocycles. The highest BCUT2D eigenvalue weighted by Gasteiger charge is 2.20. The Bertz CT molecular complexity index is 616. The predicted octanol–water partition coefficient (Wildman–Crippen LogP) is 2.24. The van der Waals surface area contributed by atoms with Crippen molar-refractivity contribution in [2.45, 2.75) is 26.8 Å². The minimum Gasteiger partial charge on any atom is -0.380 e. The molecule has 1 fully saturated rings. The third kappa shape index (κ3) is 4.32. The van der Waals surface area contributed by atoms with E-state index in [0.29, 0.717) is 5.92 Å². The molecule has 3 rings (SSSR count). The van der Waals surface area contributed by atoms with Crippen molar-refractivity contribution in [1.29, 1.82) is 0 Å². The molecule has 0 bridgehead atoms. The molecule has 0 N–H and O–H groups in total. The van der Waals surface area contributed by atoms with Gasteiger partial charge in [-0.2, -0.15) is 0 Å². The van der Waals surface area contributed by atoms with Gasteiger partial charge in [-0.3, -0.25) is 4.90 Å². The molecule has 0 saturated carbocycles.